The van der Waals surface area contributed by atoms with Crippen molar-refractivity contribution in [1.82, 2.24) is 4.90 Å². The summed E-state index contributed by atoms with van der Waals surface area (Å²) in [5.41, 5.74) is -0.0870. The van der Waals surface area contributed by atoms with Gasteiger partial charge in [0.1, 0.15) is 11.7 Å². The zero-order valence-corrected chi connectivity index (χ0v) is 22.1. The monoisotopic (exact) mass is 591 g/mol. The lowest BCUT2D eigenvalue weighted by molar-refractivity contribution is -0.144. The van der Waals surface area contributed by atoms with Gasteiger partial charge in [0.2, 0.25) is 0 Å². The second-order valence-electron chi connectivity index (χ2n) is 8.91. The molecule has 2 aromatic carbocycles. The maximum Gasteiger partial charge on any atom is 0.401 e. The van der Waals surface area contributed by atoms with E-state index in [4.69, 9.17) is 34.8 Å². The van der Waals surface area contributed by atoms with Crippen LogP contribution in [0.15, 0.2) is 36.4 Å². The fraction of sp³-hybridized carbons (Fsp3) is 0.400. The second-order valence-corrected chi connectivity index (χ2v) is 10.1. The first-order chi connectivity index (χ1) is 16.9. The lowest BCUT2D eigenvalue weighted by Gasteiger charge is -2.22. The predicted octanol–water partition coefficient (Wildman–Crippen LogP) is 9.31. The summed E-state index contributed by atoms with van der Waals surface area (Å²) in [4.78, 5) is 13.7. The van der Waals surface area contributed by atoms with Gasteiger partial charge in [0, 0.05) is 24.1 Å². The lowest BCUT2D eigenvalue weighted by atomic mass is 9.93. The van der Waals surface area contributed by atoms with E-state index in [2.05, 4.69) is 0 Å². The molecule has 0 bridgehead atoms. The summed E-state index contributed by atoms with van der Waals surface area (Å²) < 4.78 is 93.8. The van der Waals surface area contributed by atoms with E-state index < -0.39 is 42.1 Å². The third kappa shape index (κ3) is 9.16. The van der Waals surface area contributed by atoms with Crippen LogP contribution >= 0.6 is 34.8 Å². The number of ketones is 1. The number of aryl methyl sites for hydroxylation is 1. The summed E-state index contributed by atoms with van der Waals surface area (Å²) in [6, 6.07) is 5.60. The summed E-state index contributed by atoms with van der Waals surface area (Å²) in [5, 5.41) is -0.566. The van der Waals surface area contributed by atoms with Gasteiger partial charge in [0.05, 0.1) is 21.6 Å². The van der Waals surface area contributed by atoms with Crippen molar-refractivity contribution in [2.24, 2.45) is 5.92 Å². The third-order valence-electron chi connectivity index (χ3n) is 5.44. The molecule has 37 heavy (non-hydrogen) atoms. The Bertz CT molecular complexity index is 1140. The molecular formula is C25H23Cl3F7NO. The summed E-state index contributed by atoms with van der Waals surface area (Å²) >= 11 is 17.5. The highest BCUT2D eigenvalue weighted by atomic mass is 35.5. The average molecular weight is 593 g/mol. The number of nitrogens with zero attached hydrogens (tertiary/aromatic N) is 1. The van der Waals surface area contributed by atoms with Crippen molar-refractivity contribution in [3.05, 3.63) is 73.7 Å². The maximum atomic E-state index is 15.0. The molecule has 0 heterocycles. The van der Waals surface area contributed by atoms with Crippen LogP contribution in [0.25, 0.3) is 5.83 Å². The molecule has 0 fully saturated rings. The molecule has 0 saturated heterocycles. The molecule has 0 aromatic heterocycles. The topological polar surface area (TPSA) is 20.3 Å². The van der Waals surface area contributed by atoms with E-state index >= 15 is 0 Å². The van der Waals surface area contributed by atoms with E-state index in [1.165, 1.54) is 32.2 Å². The number of halogens is 10. The van der Waals surface area contributed by atoms with Crippen LogP contribution in [0, 0.1) is 12.8 Å². The molecule has 2 atom stereocenters. The van der Waals surface area contributed by atoms with E-state index in [-0.39, 0.29) is 44.9 Å². The molecule has 2 rings (SSSR count). The van der Waals surface area contributed by atoms with Gasteiger partial charge in [0.15, 0.2) is 5.78 Å². The van der Waals surface area contributed by atoms with Gasteiger partial charge in [-0.15, -0.1) is 0 Å². The Labute approximate surface area is 225 Å². The molecule has 0 aliphatic heterocycles. The summed E-state index contributed by atoms with van der Waals surface area (Å²) in [5.74, 6) is -4.34. The molecule has 204 valence electrons. The molecule has 0 N–H and O–H groups in total. The highest BCUT2D eigenvalue weighted by Gasteiger charge is 2.40. The Balaban J connectivity index is 2.25. The van der Waals surface area contributed by atoms with E-state index in [1.54, 1.807) is 6.92 Å². The Hall–Kier alpha value is -1.81. The number of carbonyl (C=O) groups is 1. The number of hydrogen-bond donors (Lipinski definition) is 0. The van der Waals surface area contributed by atoms with Crippen molar-refractivity contribution in [2.45, 2.75) is 38.5 Å². The van der Waals surface area contributed by atoms with Crippen LogP contribution < -0.4 is 0 Å². The van der Waals surface area contributed by atoms with Crippen molar-refractivity contribution >= 4 is 46.4 Å². The number of rotatable bonds is 9. The van der Waals surface area contributed by atoms with Crippen molar-refractivity contribution in [3.8, 4) is 0 Å². The average Bonchev–Trinajstić information content (AvgIpc) is 2.72. The van der Waals surface area contributed by atoms with Gasteiger partial charge in [-0.3, -0.25) is 9.69 Å². The zero-order chi connectivity index (χ0) is 28.3. The van der Waals surface area contributed by atoms with Crippen molar-refractivity contribution in [1.29, 1.82) is 0 Å². The number of carbonyl (C=O) groups excluding carboxylic acids is 1. The van der Waals surface area contributed by atoms with Gasteiger partial charge in [-0.2, -0.15) is 26.3 Å². The minimum Gasteiger partial charge on any atom is -0.298 e. The fourth-order valence-electron chi connectivity index (χ4n) is 3.90. The molecule has 0 saturated carbocycles. The van der Waals surface area contributed by atoms with Gasteiger partial charge in [0.25, 0.3) is 0 Å². The van der Waals surface area contributed by atoms with Gasteiger partial charge in [-0.05, 0) is 55.3 Å². The maximum absolute atomic E-state index is 15.0. The number of benzene rings is 2. The molecule has 2 aromatic rings. The predicted molar refractivity (Wildman–Crippen MR) is 132 cm³/mol. The van der Waals surface area contributed by atoms with E-state index in [0.717, 1.165) is 17.0 Å². The quantitative estimate of drug-likeness (QED) is 0.164. The van der Waals surface area contributed by atoms with E-state index in [1.807, 2.05) is 0 Å². The highest BCUT2D eigenvalue weighted by molar-refractivity contribution is 6.48. The molecule has 0 aliphatic rings. The Kier molecular flexibility index (Phi) is 10.5. The van der Waals surface area contributed by atoms with Gasteiger partial charge < -0.3 is 0 Å². The number of Topliss-reactive ketones (excluding diaryl/α,β-unsaturated/α-hetero) is 1. The van der Waals surface area contributed by atoms with Crippen LogP contribution in [0.1, 0.15) is 46.3 Å². The van der Waals surface area contributed by atoms with Crippen LogP contribution in [0.4, 0.5) is 30.7 Å². The van der Waals surface area contributed by atoms with E-state index in [0.29, 0.717) is 11.6 Å². The summed E-state index contributed by atoms with van der Waals surface area (Å²) in [7, 11) is 1.30. The zero-order valence-electron chi connectivity index (χ0n) is 19.9. The highest BCUT2D eigenvalue weighted by Crippen LogP contribution is 2.42. The smallest absolute Gasteiger partial charge is 0.298 e. The minimum atomic E-state index is -4.88. The molecule has 12 heteroatoms. The second kappa shape index (κ2) is 12.4. The number of alkyl halides is 6. The Morgan fingerprint density at radius 2 is 1.59 bits per heavy atom. The first-order valence-electron chi connectivity index (χ1n) is 10.9. The molecule has 0 radical (unpaired) electrons. The first-order valence-corrected chi connectivity index (χ1v) is 12.0. The standard InChI is InChI=1S/C25H23Cl3F7NO/c1-13(11-36(3)12-24(30,31)32)6-22(37)17-5-4-15(7-14(17)2)21(29)10-18(25(33,34)35)16-8-19(26)23(28)20(27)9-16/h4-5,7-10,13,18H,6,11-12H2,1-3H3/b21-10-/t13-,18?/m0/s1. The van der Waals surface area contributed by atoms with Gasteiger partial charge in [-0.1, -0.05) is 53.9 Å². The summed E-state index contributed by atoms with van der Waals surface area (Å²) in [6.07, 6.45) is -8.92. The Morgan fingerprint density at radius 1 is 1.03 bits per heavy atom. The van der Waals surface area contributed by atoms with Crippen LogP contribution in [0.3, 0.4) is 0 Å². The largest absolute Gasteiger partial charge is 0.401 e. The van der Waals surface area contributed by atoms with E-state index in [9.17, 15) is 35.5 Å². The first kappa shape index (κ1) is 31.4. The summed E-state index contributed by atoms with van der Waals surface area (Å²) in [6.45, 7) is 2.03. The lowest BCUT2D eigenvalue weighted by Crippen LogP contribution is -2.34. The number of allylic oxidation sites excluding steroid dienone is 1. The molecule has 0 amide bonds. The molecule has 0 spiro atoms. The SMILES string of the molecule is Cc1cc(/C(F)=C/C(c2cc(Cl)c(Cl)c(Cl)c2)C(F)(F)F)ccc1C(=O)C[C@H](C)CN(C)CC(F)(F)F. The molecule has 2 nitrogen and oxygen atoms in total. The Morgan fingerprint density at radius 3 is 2.08 bits per heavy atom. The van der Waals surface area contributed by atoms with Gasteiger partial charge >= 0.3 is 12.4 Å². The molecular weight excluding hydrogens is 570 g/mol. The van der Waals surface area contributed by atoms with Crippen molar-refractivity contribution < 1.29 is 35.5 Å². The third-order valence-corrected chi connectivity index (χ3v) is 6.64. The fourth-order valence-corrected chi connectivity index (χ4v) is 4.51. The number of hydrogen-bond acceptors (Lipinski definition) is 2. The molecule has 0 aliphatic carbocycles. The van der Waals surface area contributed by atoms with Crippen LogP contribution in [0.5, 0.6) is 0 Å². The van der Waals surface area contributed by atoms with Crippen LogP contribution in [-0.2, 0) is 0 Å². The van der Waals surface area contributed by atoms with Crippen LogP contribution in [0.2, 0.25) is 15.1 Å². The minimum absolute atomic E-state index is 0.0251. The van der Waals surface area contributed by atoms with Crippen LogP contribution in [-0.4, -0.2) is 43.2 Å². The van der Waals surface area contributed by atoms with Gasteiger partial charge in [-0.25, -0.2) is 4.39 Å². The van der Waals surface area contributed by atoms with Crippen molar-refractivity contribution in [3.63, 3.8) is 0 Å². The molecule has 1 unspecified atom stereocenters. The van der Waals surface area contributed by atoms with Crippen molar-refractivity contribution in [2.75, 3.05) is 20.1 Å². The normalized spacial score (nSPS) is 14.7.